The van der Waals surface area contributed by atoms with E-state index in [4.69, 9.17) is 0 Å². The van der Waals surface area contributed by atoms with Crippen LogP contribution in [-0.4, -0.2) is 0 Å². The van der Waals surface area contributed by atoms with Gasteiger partial charge < -0.3 is 0 Å². The van der Waals surface area contributed by atoms with Gasteiger partial charge in [-0.2, -0.15) is 0 Å². The van der Waals surface area contributed by atoms with Gasteiger partial charge in [0.2, 0.25) is 0 Å². The predicted molar refractivity (Wildman–Crippen MR) is 61.9 cm³/mol. The molecule has 1 heteroatoms. The van der Waals surface area contributed by atoms with Crippen LogP contribution in [0.1, 0.15) is 37.3 Å². The molecule has 0 saturated carbocycles. The summed E-state index contributed by atoms with van der Waals surface area (Å²) in [4.78, 5) is 0. The molecule has 0 nitrogen and oxygen atoms in total. The van der Waals surface area contributed by atoms with E-state index in [0.717, 1.165) is 6.42 Å². The summed E-state index contributed by atoms with van der Waals surface area (Å²) < 4.78 is 1.25. The van der Waals surface area contributed by atoms with Gasteiger partial charge in [-0.25, -0.2) is 0 Å². The molecule has 1 unspecified atom stereocenters. The van der Waals surface area contributed by atoms with Crippen LogP contribution in [0.4, 0.5) is 0 Å². The summed E-state index contributed by atoms with van der Waals surface area (Å²) in [6.07, 6.45) is 2.33. The molecule has 0 amide bonds. The third kappa shape index (κ3) is 2.57. The molecule has 0 fully saturated rings. The molecule has 13 heavy (non-hydrogen) atoms. The zero-order chi connectivity index (χ0) is 9.84. The van der Waals surface area contributed by atoms with Crippen LogP contribution in [0.15, 0.2) is 22.7 Å². The summed E-state index contributed by atoms with van der Waals surface area (Å²) in [6.45, 7) is 8.36. The molecule has 0 aliphatic rings. The van der Waals surface area contributed by atoms with Crippen molar-refractivity contribution in [2.24, 2.45) is 0 Å². The van der Waals surface area contributed by atoms with Crippen molar-refractivity contribution in [3.63, 3.8) is 0 Å². The van der Waals surface area contributed by atoms with Gasteiger partial charge in [0.1, 0.15) is 0 Å². The molecule has 0 heterocycles. The highest BCUT2D eigenvalue weighted by molar-refractivity contribution is 9.10. The molecular weight excluding hydrogens is 224 g/mol. The summed E-state index contributed by atoms with van der Waals surface area (Å²) in [5.74, 6) is 0.353. The Morgan fingerprint density at radius 2 is 2.15 bits per heavy atom. The van der Waals surface area contributed by atoms with Gasteiger partial charge in [0, 0.05) is 4.47 Å². The van der Waals surface area contributed by atoms with E-state index < -0.39 is 0 Å². The number of hydrogen-bond donors (Lipinski definition) is 0. The van der Waals surface area contributed by atoms with Gasteiger partial charge in [-0.3, -0.25) is 0 Å². The molecule has 0 N–H and O–H groups in total. The molecule has 0 spiro atoms. The number of halogens is 1. The fraction of sp³-hybridized carbons (Fsp3) is 0.417. The number of benzene rings is 1. The fourth-order valence-corrected chi connectivity index (χ4v) is 2.30. The predicted octanol–water partition coefficient (Wildman–Crippen LogP) is 4.34. The molecule has 1 radical (unpaired) electrons. The molecule has 1 aromatic rings. The second kappa shape index (κ2) is 4.80. The van der Waals surface area contributed by atoms with Crippen LogP contribution in [-0.2, 0) is 6.42 Å². The van der Waals surface area contributed by atoms with Crippen LogP contribution in [0.5, 0.6) is 0 Å². The Morgan fingerprint density at radius 1 is 1.46 bits per heavy atom. The topological polar surface area (TPSA) is 0 Å². The first-order chi connectivity index (χ1) is 6.16. The average molecular weight is 240 g/mol. The summed E-state index contributed by atoms with van der Waals surface area (Å²) in [5, 5.41) is 0. The Labute approximate surface area is 89.5 Å². The number of rotatable bonds is 3. The zero-order valence-electron chi connectivity index (χ0n) is 8.31. The Kier molecular flexibility index (Phi) is 3.98. The maximum atomic E-state index is 4.04. The van der Waals surface area contributed by atoms with Gasteiger partial charge in [0.25, 0.3) is 0 Å². The highest BCUT2D eigenvalue weighted by Gasteiger charge is 2.07. The van der Waals surface area contributed by atoms with Crippen LogP contribution in [0.3, 0.4) is 0 Å². The lowest BCUT2D eigenvalue weighted by molar-refractivity contribution is 0.895. The minimum atomic E-state index is 0.353. The van der Waals surface area contributed by atoms with Gasteiger partial charge in [0.15, 0.2) is 0 Å². The molecule has 0 aliphatic carbocycles. The third-order valence-corrected chi connectivity index (χ3v) is 3.13. The van der Waals surface area contributed by atoms with E-state index >= 15 is 0 Å². The van der Waals surface area contributed by atoms with Gasteiger partial charge in [0.05, 0.1) is 0 Å². The van der Waals surface area contributed by atoms with Crippen molar-refractivity contribution in [3.05, 3.63) is 40.7 Å². The highest BCUT2D eigenvalue weighted by atomic mass is 79.9. The van der Waals surface area contributed by atoms with Crippen LogP contribution in [0.2, 0.25) is 0 Å². The molecule has 1 atom stereocenters. The Morgan fingerprint density at radius 3 is 2.69 bits per heavy atom. The molecule has 0 saturated heterocycles. The summed E-state index contributed by atoms with van der Waals surface area (Å²) in [7, 11) is 0. The SMILES string of the molecule is [CH2]C(C)c1cccc(CCC)c1Br. The van der Waals surface area contributed by atoms with E-state index in [1.807, 2.05) is 0 Å². The van der Waals surface area contributed by atoms with Gasteiger partial charge in [-0.1, -0.05) is 54.4 Å². The first kappa shape index (κ1) is 10.8. The van der Waals surface area contributed by atoms with Crippen molar-refractivity contribution in [1.29, 1.82) is 0 Å². The van der Waals surface area contributed by atoms with Crippen molar-refractivity contribution in [2.75, 3.05) is 0 Å². The summed E-state index contributed by atoms with van der Waals surface area (Å²) in [5.41, 5.74) is 2.71. The first-order valence-electron chi connectivity index (χ1n) is 4.77. The average Bonchev–Trinajstić information content (AvgIpc) is 2.08. The maximum Gasteiger partial charge on any atom is 0.0242 e. The lowest BCUT2D eigenvalue weighted by atomic mass is 9.99. The lowest BCUT2D eigenvalue weighted by Gasteiger charge is -2.11. The van der Waals surface area contributed by atoms with Crippen LogP contribution in [0, 0.1) is 6.92 Å². The molecule has 0 bridgehead atoms. The van der Waals surface area contributed by atoms with E-state index in [2.05, 4.69) is 54.9 Å². The molecule has 1 rings (SSSR count). The smallest absolute Gasteiger partial charge is 0.0242 e. The summed E-state index contributed by atoms with van der Waals surface area (Å²) in [6, 6.07) is 6.44. The van der Waals surface area contributed by atoms with Gasteiger partial charge >= 0.3 is 0 Å². The Balaban J connectivity index is 3.03. The minimum Gasteiger partial charge on any atom is -0.0651 e. The molecule has 71 valence electrons. The largest absolute Gasteiger partial charge is 0.0651 e. The van der Waals surface area contributed by atoms with E-state index in [0.29, 0.717) is 5.92 Å². The standard InChI is InChI=1S/C12H16Br/c1-4-6-10-7-5-8-11(9(2)3)12(10)13/h5,7-9H,2,4,6H2,1,3H3. The van der Waals surface area contributed by atoms with E-state index in [1.54, 1.807) is 0 Å². The molecular formula is C12H16Br. The van der Waals surface area contributed by atoms with Gasteiger partial charge in [-0.05, 0) is 30.4 Å². The van der Waals surface area contributed by atoms with Crippen molar-refractivity contribution < 1.29 is 0 Å². The van der Waals surface area contributed by atoms with Crippen LogP contribution in [0.25, 0.3) is 0 Å². The van der Waals surface area contributed by atoms with E-state index in [1.165, 1.54) is 22.0 Å². The second-order valence-corrected chi connectivity index (χ2v) is 4.26. The van der Waals surface area contributed by atoms with Crippen LogP contribution >= 0.6 is 15.9 Å². The minimum absolute atomic E-state index is 0.353. The van der Waals surface area contributed by atoms with E-state index in [-0.39, 0.29) is 0 Å². The van der Waals surface area contributed by atoms with Crippen molar-refractivity contribution in [2.45, 2.75) is 32.6 Å². The van der Waals surface area contributed by atoms with Crippen molar-refractivity contribution in [3.8, 4) is 0 Å². The lowest BCUT2D eigenvalue weighted by Crippen LogP contribution is -1.94. The molecule has 1 aromatic carbocycles. The normalized spacial score (nSPS) is 10.8. The Hall–Kier alpha value is -0.300. The highest BCUT2D eigenvalue weighted by Crippen LogP contribution is 2.28. The van der Waals surface area contributed by atoms with E-state index in [9.17, 15) is 0 Å². The monoisotopic (exact) mass is 239 g/mol. The zero-order valence-corrected chi connectivity index (χ0v) is 9.89. The summed E-state index contributed by atoms with van der Waals surface area (Å²) >= 11 is 3.64. The molecule has 0 aliphatic heterocycles. The fourth-order valence-electron chi connectivity index (χ4n) is 1.44. The van der Waals surface area contributed by atoms with Crippen molar-refractivity contribution in [1.82, 2.24) is 0 Å². The van der Waals surface area contributed by atoms with Gasteiger partial charge in [-0.15, -0.1) is 0 Å². The van der Waals surface area contributed by atoms with Crippen LogP contribution < -0.4 is 0 Å². The quantitative estimate of drug-likeness (QED) is 0.737. The third-order valence-electron chi connectivity index (χ3n) is 2.16. The number of hydrogen-bond acceptors (Lipinski definition) is 0. The molecule has 0 aromatic heterocycles. The Bertz CT molecular complexity index is 276. The second-order valence-electron chi connectivity index (χ2n) is 3.47. The first-order valence-corrected chi connectivity index (χ1v) is 5.56. The maximum absolute atomic E-state index is 4.04. The number of aryl methyl sites for hydroxylation is 1. The van der Waals surface area contributed by atoms with Crippen molar-refractivity contribution >= 4 is 15.9 Å².